The predicted octanol–water partition coefficient (Wildman–Crippen LogP) is 2.93. The first-order chi connectivity index (χ1) is 9.80. The molecule has 0 aliphatic rings. The fraction of sp³-hybridized carbons (Fsp3) is 0.429. The Balaban J connectivity index is 2.50. The SMILES string of the molecule is CCOc1cc(-c2nnco2)cc(OCC)c1OCC. The van der Waals surface area contributed by atoms with Gasteiger partial charge in [-0.15, -0.1) is 10.2 Å². The second kappa shape index (κ2) is 6.79. The number of ether oxygens (including phenoxy) is 3. The molecule has 1 aromatic carbocycles. The van der Waals surface area contributed by atoms with Crippen LogP contribution in [0.1, 0.15) is 20.8 Å². The molecule has 0 amide bonds. The minimum Gasteiger partial charge on any atom is -0.490 e. The third kappa shape index (κ3) is 3.01. The van der Waals surface area contributed by atoms with Crippen LogP contribution in [-0.2, 0) is 0 Å². The van der Waals surface area contributed by atoms with Crippen LogP contribution in [0.15, 0.2) is 22.9 Å². The summed E-state index contributed by atoms with van der Waals surface area (Å²) in [5.74, 6) is 2.22. The Hall–Kier alpha value is -2.24. The molecule has 0 atom stereocenters. The fourth-order valence-electron chi connectivity index (χ4n) is 1.81. The van der Waals surface area contributed by atoms with Crippen molar-refractivity contribution < 1.29 is 18.6 Å². The van der Waals surface area contributed by atoms with Crippen LogP contribution in [0.4, 0.5) is 0 Å². The average Bonchev–Trinajstić information content (AvgIpc) is 2.96. The summed E-state index contributed by atoms with van der Waals surface area (Å²) >= 11 is 0. The summed E-state index contributed by atoms with van der Waals surface area (Å²) in [7, 11) is 0. The number of nitrogens with zero attached hydrogens (tertiary/aromatic N) is 2. The minimum absolute atomic E-state index is 0.412. The van der Waals surface area contributed by atoms with Crippen molar-refractivity contribution in [3.05, 3.63) is 18.5 Å². The van der Waals surface area contributed by atoms with E-state index in [2.05, 4.69) is 10.2 Å². The van der Waals surface area contributed by atoms with Gasteiger partial charge in [0.25, 0.3) is 0 Å². The van der Waals surface area contributed by atoms with Gasteiger partial charge in [-0.1, -0.05) is 0 Å². The lowest BCUT2D eigenvalue weighted by atomic mass is 10.2. The third-order valence-corrected chi connectivity index (χ3v) is 2.52. The van der Waals surface area contributed by atoms with Gasteiger partial charge >= 0.3 is 0 Å². The van der Waals surface area contributed by atoms with E-state index in [0.717, 1.165) is 5.56 Å². The molecule has 0 bridgehead atoms. The van der Waals surface area contributed by atoms with Crippen molar-refractivity contribution in [1.82, 2.24) is 10.2 Å². The summed E-state index contributed by atoms with van der Waals surface area (Å²) in [5.41, 5.74) is 0.734. The molecule has 20 heavy (non-hydrogen) atoms. The summed E-state index contributed by atoms with van der Waals surface area (Å²) < 4.78 is 22.1. The van der Waals surface area contributed by atoms with E-state index in [1.54, 1.807) is 0 Å². The smallest absolute Gasteiger partial charge is 0.247 e. The Bertz CT molecular complexity index is 513. The van der Waals surface area contributed by atoms with Crippen molar-refractivity contribution in [3.63, 3.8) is 0 Å². The Morgan fingerprint density at radius 1 is 0.950 bits per heavy atom. The van der Waals surface area contributed by atoms with Gasteiger partial charge in [-0.25, -0.2) is 0 Å². The van der Waals surface area contributed by atoms with Gasteiger partial charge in [0.05, 0.1) is 19.8 Å². The van der Waals surface area contributed by atoms with Gasteiger partial charge in [-0.3, -0.25) is 0 Å². The van der Waals surface area contributed by atoms with Crippen LogP contribution in [0, 0.1) is 0 Å². The number of benzene rings is 1. The number of aromatic nitrogens is 2. The molecule has 0 aliphatic carbocycles. The Morgan fingerprint density at radius 3 is 2.00 bits per heavy atom. The number of hydrogen-bond acceptors (Lipinski definition) is 6. The van der Waals surface area contributed by atoms with Gasteiger partial charge < -0.3 is 18.6 Å². The van der Waals surface area contributed by atoms with Crippen LogP contribution in [0.25, 0.3) is 11.5 Å². The van der Waals surface area contributed by atoms with E-state index in [0.29, 0.717) is 43.0 Å². The maximum atomic E-state index is 5.63. The first-order valence-electron chi connectivity index (χ1n) is 6.63. The second-order valence-corrected chi connectivity index (χ2v) is 3.84. The molecular weight excluding hydrogens is 260 g/mol. The molecule has 0 N–H and O–H groups in total. The first-order valence-corrected chi connectivity index (χ1v) is 6.63. The molecule has 1 heterocycles. The van der Waals surface area contributed by atoms with Crippen molar-refractivity contribution >= 4 is 0 Å². The third-order valence-electron chi connectivity index (χ3n) is 2.52. The zero-order valence-electron chi connectivity index (χ0n) is 11.9. The van der Waals surface area contributed by atoms with Gasteiger partial charge in [0.2, 0.25) is 18.0 Å². The Kier molecular flexibility index (Phi) is 4.81. The quantitative estimate of drug-likeness (QED) is 0.775. The largest absolute Gasteiger partial charge is 0.490 e. The van der Waals surface area contributed by atoms with Gasteiger partial charge in [-0.05, 0) is 32.9 Å². The normalized spacial score (nSPS) is 10.3. The van der Waals surface area contributed by atoms with Crippen molar-refractivity contribution in [2.75, 3.05) is 19.8 Å². The number of rotatable bonds is 7. The lowest BCUT2D eigenvalue weighted by Crippen LogP contribution is -2.03. The molecule has 0 spiro atoms. The van der Waals surface area contributed by atoms with Crippen LogP contribution in [0.3, 0.4) is 0 Å². The standard InChI is InChI=1S/C14H18N2O4/c1-4-17-11-7-10(14-16-15-9-20-14)8-12(18-5-2)13(11)19-6-3/h7-9H,4-6H2,1-3H3. The summed E-state index contributed by atoms with van der Waals surface area (Å²) in [4.78, 5) is 0. The topological polar surface area (TPSA) is 66.6 Å². The molecule has 0 unspecified atom stereocenters. The van der Waals surface area contributed by atoms with Gasteiger partial charge in [0, 0.05) is 5.56 Å². The van der Waals surface area contributed by atoms with E-state index in [1.807, 2.05) is 32.9 Å². The van der Waals surface area contributed by atoms with Crippen molar-refractivity contribution in [3.8, 4) is 28.7 Å². The van der Waals surface area contributed by atoms with E-state index >= 15 is 0 Å². The molecule has 0 fully saturated rings. The van der Waals surface area contributed by atoms with Crippen LogP contribution >= 0.6 is 0 Å². The molecule has 6 nitrogen and oxygen atoms in total. The van der Waals surface area contributed by atoms with Gasteiger partial charge in [0.15, 0.2) is 11.5 Å². The minimum atomic E-state index is 0.412. The van der Waals surface area contributed by atoms with Crippen molar-refractivity contribution in [2.24, 2.45) is 0 Å². The average molecular weight is 278 g/mol. The summed E-state index contributed by atoms with van der Waals surface area (Å²) in [6, 6.07) is 3.62. The Morgan fingerprint density at radius 2 is 1.55 bits per heavy atom. The van der Waals surface area contributed by atoms with Crippen LogP contribution in [0.5, 0.6) is 17.2 Å². The van der Waals surface area contributed by atoms with Gasteiger partial charge in [-0.2, -0.15) is 0 Å². The van der Waals surface area contributed by atoms with Crippen LogP contribution in [-0.4, -0.2) is 30.0 Å². The van der Waals surface area contributed by atoms with Crippen LogP contribution in [0.2, 0.25) is 0 Å². The molecule has 0 saturated carbocycles. The van der Waals surface area contributed by atoms with Crippen molar-refractivity contribution in [2.45, 2.75) is 20.8 Å². The Labute approximate surface area is 117 Å². The molecule has 108 valence electrons. The van der Waals surface area contributed by atoms with E-state index in [4.69, 9.17) is 18.6 Å². The molecular formula is C14H18N2O4. The molecule has 0 saturated heterocycles. The van der Waals surface area contributed by atoms with Crippen molar-refractivity contribution in [1.29, 1.82) is 0 Å². The van der Waals surface area contributed by atoms with E-state index in [-0.39, 0.29) is 0 Å². The lowest BCUT2D eigenvalue weighted by Gasteiger charge is -2.16. The molecule has 1 aromatic heterocycles. The highest BCUT2D eigenvalue weighted by molar-refractivity contribution is 5.65. The molecule has 6 heteroatoms. The highest BCUT2D eigenvalue weighted by atomic mass is 16.5. The molecule has 0 radical (unpaired) electrons. The van der Waals surface area contributed by atoms with Gasteiger partial charge in [0.1, 0.15) is 0 Å². The molecule has 2 rings (SSSR count). The van der Waals surface area contributed by atoms with E-state index in [9.17, 15) is 0 Å². The zero-order chi connectivity index (χ0) is 14.4. The molecule has 0 aliphatic heterocycles. The monoisotopic (exact) mass is 278 g/mol. The number of hydrogen-bond donors (Lipinski definition) is 0. The summed E-state index contributed by atoms with van der Waals surface area (Å²) in [6.45, 7) is 7.32. The first kappa shape index (κ1) is 14.2. The highest BCUT2D eigenvalue weighted by Crippen LogP contribution is 2.41. The van der Waals surface area contributed by atoms with Crippen LogP contribution < -0.4 is 14.2 Å². The summed E-state index contributed by atoms with van der Waals surface area (Å²) in [5, 5.41) is 7.58. The maximum Gasteiger partial charge on any atom is 0.247 e. The lowest BCUT2D eigenvalue weighted by molar-refractivity contribution is 0.261. The highest BCUT2D eigenvalue weighted by Gasteiger charge is 2.17. The predicted molar refractivity (Wildman–Crippen MR) is 73.2 cm³/mol. The second-order valence-electron chi connectivity index (χ2n) is 3.84. The zero-order valence-corrected chi connectivity index (χ0v) is 11.9. The van der Waals surface area contributed by atoms with E-state index < -0.39 is 0 Å². The fourth-order valence-corrected chi connectivity index (χ4v) is 1.81. The van der Waals surface area contributed by atoms with E-state index in [1.165, 1.54) is 6.39 Å². The molecule has 2 aromatic rings. The maximum absolute atomic E-state index is 5.63. The summed E-state index contributed by atoms with van der Waals surface area (Å²) in [6.07, 6.45) is 1.28.